The second kappa shape index (κ2) is 7.92. The normalized spacial score (nSPS) is 11.4. The van der Waals surface area contributed by atoms with Gasteiger partial charge in [0, 0.05) is 16.5 Å². The molecular formula is C21H13F3N2O2S2. The molecule has 0 atom stereocenters. The SMILES string of the molecule is O=S(=O)(Nc1ccccc1-c1csc(-c2ccccc2F)n1)c1ccc(F)c(F)c1. The van der Waals surface area contributed by atoms with Crippen LogP contribution < -0.4 is 4.72 Å². The van der Waals surface area contributed by atoms with Gasteiger partial charge in [0.15, 0.2) is 11.6 Å². The summed E-state index contributed by atoms with van der Waals surface area (Å²) in [7, 11) is -4.18. The average molecular weight is 446 g/mol. The minimum atomic E-state index is -4.18. The van der Waals surface area contributed by atoms with E-state index in [2.05, 4.69) is 9.71 Å². The van der Waals surface area contributed by atoms with Gasteiger partial charge in [0.1, 0.15) is 10.8 Å². The molecule has 1 aromatic heterocycles. The molecule has 4 rings (SSSR count). The molecule has 9 heteroatoms. The van der Waals surface area contributed by atoms with Crippen LogP contribution in [0, 0.1) is 17.5 Å². The Balaban J connectivity index is 1.70. The number of nitrogens with one attached hydrogen (secondary N) is 1. The zero-order valence-corrected chi connectivity index (χ0v) is 16.8. The molecule has 30 heavy (non-hydrogen) atoms. The molecule has 0 aliphatic heterocycles. The molecule has 0 aliphatic carbocycles. The Bertz CT molecular complexity index is 1340. The van der Waals surface area contributed by atoms with E-state index in [0.29, 0.717) is 27.9 Å². The van der Waals surface area contributed by atoms with Crippen molar-refractivity contribution in [3.63, 3.8) is 0 Å². The Labute approximate surface area is 174 Å². The summed E-state index contributed by atoms with van der Waals surface area (Å²) in [5.74, 6) is -2.82. The molecule has 0 fully saturated rings. The van der Waals surface area contributed by atoms with Crippen molar-refractivity contribution < 1.29 is 21.6 Å². The Morgan fingerprint density at radius 1 is 0.800 bits per heavy atom. The third-order valence-corrected chi connectivity index (χ3v) is 6.50. The highest BCUT2D eigenvalue weighted by Crippen LogP contribution is 2.34. The van der Waals surface area contributed by atoms with E-state index in [0.717, 1.165) is 12.1 Å². The topological polar surface area (TPSA) is 59.1 Å². The minimum Gasteiger partial charge on any atom is -0.279 e. The van der Waals surface area contributed by atoms with Crippen molar-refractivity contribution in [2.45, 2.75) is 4.90 Å². The van der Waals surface area contributed by atoms with Crippen molar-refractivity contribution >= 4 is 27.0 Å². The monoisotopic (exact) mass is 446 g/mol. The average Bonchev–Trinajstić information content (AvgIpc) is 3.20. The van der Waals surface area contributed by atoms with Crippen molar-refractivity contribution in [1.29, 1.82) is 0 Å². The second-order valence-corrected chi connectivity index (χ2v) is 8.79. The van der Waals surface area contributed by atoms with Gasteiger partial charge in [-0.1, -0.05) is 30.3 Å². The summed E-state index contributed by atoms with van der Waals surface area (Å²) >= 11 is 1.22. The highest BCUT2D eigenvalue weighted by atomic mass is 32.2. The van der Waals surface area contributed by atoms with Gasteiger partial charge in [0.2, 0.25) is 0 Å². The third-order valence-electron chi connectivity index (χ3n) is 4.26. The largest absolute Gasteiger partial charge is 0.279 e. The molecule has 0 unspecified atom stereocenters. The number of aromatic nitrogens is 1. The number of hydrogen-bond acceptors (Lipinski definition) is 4. The van der Waals surface area contributed by atoms with Crippen molar-refractivity contribution in [3.05, 3.63) is 89.6 Å². The Morgan fingerprint density at radius 3 is 2.23 bits per heavy atom. The Morgan fingerprint density at radius 2 is 1.50 bits per heavy atom. The van der Waals surface area contributed by atoms with Crippen LogP contribution in [0.25, 0.3) is 21.8 Å². The molecule has 152 valence electrons. The lowest BCUT2D eigenvalue weighted by atomic mass is 10.1. The van der Waals surface area contributed by atoms with Gasteiger partial charge in [-0.3, -0.25) is 4.72 Å². The maximum absolute atomic E-state index is 14.1. The number of nitrogens with zero attached hydrogens (tertiary/aromatic N) is 1. The first kappa shape index (κ1) is 20.1. The van der Waals surface area contributed by atoms with Crippen LogP contribution in [0.15, 0.2) is 77.0 Å². The van der Waals surface area contributed by atoms with E-state index in [9.17, 15) is 21.6 Å². The van der Waals surface area contributed by atoms with Crippen molar-refractivity contribution in [1.82, 2.24) is 4.98 Å². The second-order valence-electron chi connectivity index (χ2n) is 6.24. The van der Waals surface area contributed by atoms with Gasteiger partial charge in [0.25, 0.3) is 10.0 Å². The zero-order chi connectivity index (χ0) is 21.3. The molecule has 0 amide bonds. The smallest absolute Gasteiger partial charge is 0.262 e. The van der Waals surface area contributed by atoms with E-state index in [1.165, 1.54) is 23.5 Å². The predicted molar refractivity (Wildman–Crippen MR) is 110 cm³/mol. The maximum atomic E-state index is 14.1. The lowest BCUT2D eigenvalue weighted by Gasteiger charge is -2.11. The van der Waals surface area contributed by atoms with Gasteiger partial charge >= 0.3 is 0 Å². The molecular weight excluding hydrogens is 433 g/mol. The van der Waals surface area contributed by atoms with Crippen LogP contribution >= 0.6 is 11.3 Å². The molecule has 0 bridgehead atoms. The maximum Gasteiger partial charge on any atom is 0.262 e. The summed E-state index contributed by atoms with van der Waals surface area (Å²) in [6, 6.07) is 15.1. The lowest BCUT2D eigenvalue weighted by molar-refractivity contribution is 0.504. The van der Waals surface area contributed by atoms with E-state index < -0.39 is 32.4 Å². The molecule has 1 N–H and O–H groups in total. The fraction of sp³-hybridized carbons (Fsp3) is 0. The quantitative estimate of drug-likeness (QED) is 0.428. The lowest BCUT2D eigenvalue weighted by Crippen LogP contribution is -2.14. The molecule has 4 nitrogen and oxygen atoms in total. The number of para-hydroxylation sites is 1. The number of rotatable bonds is 5. The first-order valence-corrected chi connectivity index (χ1v) is 11.0. The standard InChI is InChI=1S/C21H13F3N2O2S2/c22-16-7-3-1-5-14(16)21-25-20(12-29-21)15-6-2-4-8-19(15)26-30(27,28)13-9-10-17(23)18(24)11-13/h1-12,26H. The highest BCUT2D eigenvalue weighted by Gasteiger charge is 2.19. The molecule has 3 aromatic carbocycles. The first-order valence-electron chi connectivity index (χ1n) is 8.63. The summed E-state index contributed by atoms with van der Waals surface area (Å²) in [6.45, 7) is 0. The fourth-order valence-electron chi connectivity index (χ4n) is 2.80. The van der Waals surface area contributed by atoms with Crippen LogP contribution in [0.1, 0.15) is 0 Å². The number of benzene rings is 3. The molecule has 0 saturated carbocycles. The van der Waals surface area contributed by atoms with Crippen molar-refractivity contribution in [3.8, 4) is 21.8 Å². The number of anilines is 1. The third kappa shape index (κ3) is 3.94. The van der Waals surface area contributed by atoms with Crippen LogP contribution in [0.2, 0.25) is 0 Å². The van der Waals surface area contributed by atoms with Gasteiger partial charge in [0.05, 0.1) is 16.3 Å². The van der Waals surface area contributed by atoms with Crippen LogP contribution in [-0.2, 0) is 10.0 Å². The highest BCUT2D eigenvalue weighted by molar-refractivity contribution is 7.92. The van der Waals surface area contributed by atoms with Gasteiger partial charge < -0.3 is 0 Å². The zero-order valence-electron chi connectivity index (χ0n) is 15.1. The summed E-state index contributed by atoms with van der Waals surface area (Å²) in [4.78, 5) is 4.02. The molecule has 4 aromatic rings. The van der Waals surface area contributed by atoms with E-state index >= 15 is 0 Å². The van der Waals surface area contributed by atoms with E-state index in [1.54, 1.807) is 41.8 Å². The Kier molecular flexibility index (Phi) is 5.31. The summed E-state index contributed by atoms with van der Waals surface area (Å²) < 4.78 is 68.4. The summed E-state index contributed by atoms with van der Waals surface area (Å²) in [6.07, 6.45) is 0. The summed E-state index contributed by atoms with van der Waals surface area (Å²) in [5, 5.41) is 2.13. The molecule has 0 radical (unpaired) electrons. The molecule has 0 spiro atoms. The Hall–Kier alpha value is -3.17. The van der Waals surface area contributed by atoms with E-state index in [1.807, 2.05) is 0 Å². The van der Waals surface area contributed by atoms with Gasteiger partial charge in [-0.2, -0.15) is 0 Å². The fourth-order valence-corrected chi connectivity index (χ4v) is 4.74. The predicted octanol–water partition coefficient (Wildman–Crippen LogP) is 5.70. The van der Waals surface area contributed by atoms with E-state index in [-0.39, 0.29) is 5.69 Å². The number of thiazole rings is 1. The number of halogens is 3. The first-order chi connectivity index (χ1) is 14.3. The van der Waals surface area contributed by atoms with Crippen molar-refractivity contribution in [2.24, 2.45) is 0 Å². The summed E-state index contributed by atoms with van der Waals surface area (Å²) in [5.41, 5.74) is 1.45. The minimum absolute atomic E-state index is 0.201. The van der Waals surface area contributed by atoms with Crippen LogP contribution in [-0.4, -0.2) is 13.4 Å². The number of sulfonamides is 1. The van der Waals surface area contributed by atoms with Crippen LogP contribution in [0.4, 0.5) is 18.9 Å². The van der Waals surface area contributed by atoms with Gasteiger partial charge in [-0.25, -0.2) is 26.6 Å². The molecule has 0 saturated heterocycles. The van der Waals surface area contributed by atoms with Crippen LogP contribution in [0.3, 0.4) is 0 Å². The molecule has 0 aliphatic rings. The van der Waals surface area contributed by atoms with Crippen LogP contribution in [0.5, 0.6) is 0 Å². The molecule has 1 heterocycles. The van der Waals surface area contributed by atoms with E-state index in [4.69, 9.17) is 0 Å². The van der Waals surface area contributed by atoms with Gasteiger partial charge in [-0.05, 0) is 36.4 Å². The van der Waals surface area contributed by atoms with Gasteiger partial charge in [-0.15, -0.1) is 11.3 Å². The number of hydrogen-bond donors (Lipinski definition) is 1. The van der Waals surface area contributed by atoms with Crippen molar-refractivity contribution in [2.75, 3.05) is 4.72 Å².